The second-order valence-corrected chi connectivity index (χ2v) is 7.07. The molecule has 0 unspecified atom stereocenters. The molecule has 0 aromatic carbocycles. The van der Waals surface area contributed by atoms with E-state index in [2.05, 4.69) is 37.9 Å². The third-order valence-electron chi connectivity index (χ3n) is 5.00. The number of hydrogen-bond acceptors (Lipinski definition) is 3. The SMILES string of the molecule is CC(C)N1CCC(OC(C)(C)C2CCNCC2)CC1. The molecule has 0 atom stereocenters. The van der Waals surface area contributed by atoms with Crippen molar-refractivity contribution in [2.24, 2.45) is 5.92 Å². The van der Waals surface area contributed by atoms with Crippen molar-refractivity contribution in [2.45, 2.75) is 71.1 Å². The van der Waals surface area contributed by atoms with Crippen LogP contribution in [0, 0.1) is 5.92 Å². The largest absolute Gasteiger partial charge is 0.372 e. The number of nitrogens with zero attached hydrogens (tertiary/aromatic N) is 1. The van der Waals surface area contributed by atoms with Crippen LogP contribution in [0.1, 0.15) is 53.4 Å². The maximum atomic E-state index is 6.49. The predicted octanol–water partition coefficient (Wildman–Crippen LogP) is 2.65. The lowest BCUT2D eigenvalue weighted by atomic mass is 9.83. The Kier molecular flexibility index (Phi) is 5.27. The van der Waals surface area contributed by atoms with Gasteiger partial charge < -0.3 is 15.0 Å². The number of likely N-dealkylation sites (tertiary alicyclic amines) is 1. The zero-order valence-electron chi connectivity index (χ0n) is 13.2. The molecule has 2 aliphatic rings. The molecule has 112 valence electrons. The van der Waals surface area contributed by atoms with Crippen molar-refractivity contribution in [1.82, 2.24) is 10.2 Å². The second kappa shape index (κ2) is 6.55. The Morgan fingerprint density at radius 1 is 1.05 bits per heavy atom. The molecule has 2 aliphatic heterocycles. The summed E-state index contributed by atoms with van der Waals surface area (Å²) in [7, 11) is 0. The van der Waals surface area contributed by atoms with E-state index in [-0.39, 0.29) is 5.60 Å². The van der Waals surface area contributed by atoms with Crippen molar-refractivity contribution in [3.63, 3.8) is 0 Å². The third kappa shape index (κ3) is 4.17. The van der Waals surface area contributed by atoms with Crippen LogP contribution in [0.15, 0.2) is 0 Å². The first kappa shape index (κ1) is 15.3. The molecule has 2 saturated heterocycles. The van der Waals surface area contributed by atoms with Gasteiger partial charge in [-0.3, -0.25) is 0 Å². The molecule has 3 heteroatoms. The summed E-state index contributed by atoms with van der Waals surface area (Å²) in [6, 6.07) is 0.679. The molecule has 0 saturated carbocycles. The quantitative estimate of drug-likeness (QED) is 0.848. The summed E-state index contributed by atoms with van der Waals surface area (Å²) in [5.74, 6) is 0.719. The topological polar surface area (TPSA) is 24.5 Å². The highest BCUT2D eigenvalue weighted by atomic mass is 16.5. The summed E-state index contributed by atoms with van der Waals surface area (Å²) in [5, 5.41) is 3.45. The van der Waals surface area contributed by atoms with Crippen molar-refractivity contribution in [3.8, 4) is 0 Å². The highest BCUT2D eigenvalue weighted by Gasteiger charge is 2.34. The van der Waals surface area contributed by atoms with Crippen molar-refractivity contribution in [3.05, 3.63) is 0 Å². The smallest absolute Gasteiger partial charge is 0.0659 e. The van der Waals surface area contributed by atoms with Gasteiger partial charge in [-0.1, -0.05) is 0 Å². The Morgan fingerprint density at radius 2 is 1.63 bits per heavy atom. The molecule has 2 rings (SSSR count). The van der Waals surface area contributed by atoms with E-state index in [9.17, 15) is 0 Å². The predicted molar refractivity (Wildman–Crippen MR) is 80.5 cm³/mol. The first-order chi connectivity index (χ1) is 8.99. The maximum Gasteiger partial charge on any atom is 0.0659 e. The van der Waals surface area contributed by atoms with Crippen molar-refractivity contribution < 1.29 is 4.74 Å². The minimum absolute atomic E-state index is 0.0484. The Labute approximate surface area is 119 Å². The number of hydrogen-bond donors (Lipinski definition) is 1. The highest BCUT2D eigenvalue weighted by Crippen LogP contribution is 2.32. The molecule has 19 heavy (non-hydrogen) atoms. The molecular weight excluding hydrogens is 236 g/mol. The number of rotatable bonds is 4. The molecule has 0 aliphatic carbocycles. The molecular formula is C16H32N2O. The van der Waals surface area contributed by atoms with Gasteiger partial charge in [-0.15, -0.1) is 0 Å². The van der Waals surface area contributed by atoms with Crippen LogP contribution >= 0.6 is 0 Å². The van der Waals surface area contributed by atoms with Gasteiger partial charge in [0.05, 0.1) is 11.7 Å². The lowest BCUT2D eigenvalue weighted by Gasteiger charge is -2.42. The number of ether oxygens (including phenoxy) is 1. The zero-order valence-corrected chi connectivity index (χ0v) is 13.2. The monoisotopic (exact) mass is 268 g/mol. The number of nitrogens with one attached hydrogen (secondary N) is 1. The van der Waals surface area contributed by atoms with Crippen molar-refractivity contribution >= 4 is 0 Å². The Morgan fingerprint density at radius 3 is 2.16 bits per heavy atom. The number of piperidine rings is 2. The third-order valence-corrected chi connectivity index (χ3v) is 5.00. The summed E-state index contributed by atoms with van der Waals surface area (Å²) in [6.07, 6.45) is 5.40. The lowest BCUT2D eigenvalue weighted by molar-refractivity contribution is -0.127. The van der Waals surface area contributed by atoms with Gasteiger partial charge in [0.2, 0.25) is 0 Å². The van der Waals surface area contributed by atoms with Gasteiger partial charge in [0, 0.05) is 19.1 Å². The van der Waals surface area contributed by atoms with Crippen LogP contribution in [0.2, 0.25) is 0 Å². The van der Waals surface area contributed by atoms with Crippen LogP contribution < -0.4 is 5.32 Å². The standard InChI is InChI=1S/C16H32N2O/c1-13(2)18-11-7-15(8-12-18)19-16(3,4)14-5-9-17-10-6-14/h13-15,17H,5-12H2,1-4H3. The Hall–Kier alpha value is -0.120. The molecule has 0 spiro atoms. The molecule has 0 radical (unpaired) electrons. The summed E-state index contributed by atoms with van der Waals surface area (Å²) >= 11 is 0. The first-order valence-corrected chi connectivity index (χ1v) is 8.11. The van der Waals surface area contributed by atoms with Gasteiger partial charge in [0.25, 0.3) is 0 Å². The molecule has 3 nitrogen and oxygen atoms in total. The van der Waals surface area contributed by atoms with Crippen LogP contribution in [0.4, 0.5) is 0 Å². The summed E-state index contributed by atoms with van der Waals surface area (Å²) in [6.45, 7) is 13.9. The average molecular weight is 268 g/mol. The lowest BCUT2D eigenvalue weighted by Crippen LogP contribution is -2.47. The molecule has 0 bridgehead atoms. The normalized spacial score (nSPS) is 25.1. The van der Waals surface area contributed by atoms with E-state index in [0.29, 0.717) is 12.1 Å². The molecule has 0 aromatic rings. The summed E-state index contributed by atoms with van der Waals surface area (Å²) in [4.78, 5) is 2.57. The van der Waals surface area contributed by atoms with E-state index in [1.165, 1.54) is 38.8 Å². The van der Waals surface area contributed by atoms with E-state index in [0.717, 1.165) is 19.0 Å². The fraction of sp³-hybridized carbons (Fsp3) is 1.00. The molecule has 0 amide bonds. The van der Waals surface area contributed by atoms with Gasteiger partial charge in [-0.2, -0.15) is 0 Å². The van der Waals surface area contributed by atoms with Crippen LogP contribution in [-0.2, 0) is 4.74 Å². The fourth-order valence-corrected chi connectivity index (χ4v) is 3.55. The van der Waals surface area contributed by atoms with Crippen molar-refractivity contribution in [1.29, 1.82) is 0 Å². The Bertz CT molecular complexity index is 264. The van der Waals surface area contributed by atoms with E-state index in [1.54, 1.807) is 0 Å². The maximum absolute atomic E-state index is 6.49. The zero-order chi connectivity index (χ0) is 13.9. The van der Waals surface area contributed by atoms with Crippen LogP contribution in [-0.4, -0.2) is 48.8 Å². The van der Waals surface area contributed by atoms with E-state index in [4.69, 9.17) is 4.74 Å². The van der Waals surface area contributed by atoms with Crippen LogP contribution in [0.5, 0.6) is 0 Å². The first-order valence-electron chi connectivity index (χ1n) is 8.11. The molecule has 0 aromatic heterocycles. The fourth-order valence-electron chi connectivity index (χ4n) is 3.55. The Balaban J connectivity index is 1.80. The van der Waals surface area contributed by atoms with Crippen LogP contribution in [0.25, 0.3) is 0 Å². The van der Waals surface area contributed by atoms with Gasteiger partial charge in [0.1, 0.15) is 0 Å². The second-order valence-electron chi connectivity index (χ2n) is 7.07. The van der Waals surface area contributed by atoms with Gasteiger partial charge in [-0.05, 0) is 72.4 Å². The molecule has 1 N–H and O–H groups in total. The van der Waals surface area contributed by atoms with Gasteiger partial charge >= 0.3 is 0 Å². The minimum atomic E-state index is 0.0484. The van der Waals surface area contributed by atoms with Gasteiger partial charge in [0.15, 0.2) is 0 Å². The van der Waals surface area contributed by atoms with E-state index in [1.807, 2.05) is 0 Å². The van der Waals surface area contributed by atoms with E-state index < -0.39 is 0 Å². The van der Waals surface area contributed by atoms with Crippen LogP contribution in [0.3, 0.4) is 0 Å². The average Bonchev–Trinajstić information content (AvgIpc) is 2.40. The molecule has 2 heterocycles. The van der Waals surface area contributed by atoms with E-state index >= 15 is 0 Å². The summed E-state index contributed by atoms with van der Waals surface area (Å²) in [5.41, 5.74) is 0.0484. The minimum Gasteiger partial charge on any atom is -0.372 e. The molecule has 2 fully saturated rings. The van der Waals surface area contributed by atoms with Crippen molar-refractivity contribution in [2.75, 3.05) is 26.2 Å². The van der Waals surface area contributed by atoms with Gasteiger partial charge in [-0.25, -0.2) is 0 Å². The highest BCUT2D eigenvalue weighted by molar-refractivity contribution is 4.86. The summed E-state index contributed by atoms with van der Waals surface area (Å²) < 4.78 is 6.49.